The van der Waals surface area contributed by atoms with Crippen LogP contribution in [0.3, 0.4) is 0 Å². The van der Waals surface area contributed by atoms with E-state index >= 15 is 0 Å². The highest BCUT2D eigenvalue weighted by Crippen LogP contribution is 2.43. The lowest BCUT2D eigenvalue weighted by Crippen LogP contribution is -2.44. The molecule has 2 rings (SSSR count). The number of nitrogens with zero attached hydrogens (tertiary/aromatic N) is 1. The number of ether oxygens (including phenoxy) is 2. The highest BCUT2D eigenvalue weighted by atomic mass is 32.2. The van der Waals surface area contributed by atoms with E-state index in [1.165, 1.54) is 14.2 Å². The van der Waals surface area contributed by atoms with Crippen molar-refractivity contribution in [2.24, 2.45) is 11.7 Å². The summed E-state index contributed by atoms with van der Waals surface area (Å²) in [4.78, 5) is 35.9. The number of carbonyl (C=O) groups is 3. The molecule has 8 nitrogen and oxygen atoms in total. The molecule has 0 spiro atoms. The monoisotopic (exact) mass is 375 g/mol. The fraction of sp³-hybridized carbons (Fsp3) is 0.294. The highest BCUT2D eigenvalue weighted by Gasteiger charge is 2.45. The molecule has 0 unspecified atom stereocenters. The third-order valence-electron chi connectivity index (χ3n) is 3.82. The Bertz CT molecular complexity index is 815. The zero-order valence-corrected chi connectivity index (χ0v) is 15.0. The van der Waals surface area contributed by atoms with Gasteiger partial charge in [0.1, 0.15) is 11.7 Å². The van der Waals surface area contributed by atoms with Crippen LogP contribution >= 0.6 is 11.8 Å². The quantitative estimate of drug-likeness (QED) is 0.551. The summed E-state index contributed by atoms with van der Waals surface area (Å²) in [6.45, 7) is 0. The van der Waals surface area contributed by atoms with Gasteiger partial charge in [-0.25, -0.2) is 0 Å². The molecule has 2 atom stereocenters. The molecule has 1 aromatic rings. The Balaban J connectivity index is 2.65. The van der Waals surface area contributed by atoms with Gasteiger partial charge in [-0.3, -0.25) is 14.4 Å². The van der Waals surface area contributed by atoms with E-state index in [2.05, 4.69) is 5.32 Å². The smallest absolute Gasteiger partial charge is 0.319 e. The number of allylic oxidation sites excluding steroid dienone is 1. The van der Waals surface area contributed by atoms with Gasteiger partial charge >= 0.3 is 5.97 Å². The SMILES string of the molecule is COC(=O)[C@H]1C(=O)NC(SCC(N)=O)=C(C#N)[C@@H]1c1ccccc1OC. The molecular formula is C17H17N3O5S. The number of benzene rings is 1. The Kier molecular flexibility index (Phi) is 6.25. The van der Waals surface area contributed by atoms with Crippen LogP contribution in [0.25, 0.3) is 0 Å². The minimum atomic E-state index is -1.26. The molecule has 0 radical (unpaired) electrons. The van der Waals surface area contributed by atoms with Crippen molar-refractivity contribution in [2.75, 3.05) is 20.0 Å². The number of methoxy groups -OCH3 is 2. The Morgan fingerprint density at radius 2 is 2.04 bits per heavy atom. The number of thioether (sulfide) groups is 1. The molecule has 0 aromatic heterocycles. The Morgan fingerprint density at radius 1 is 1.35 bits per heavy atom. The van der Waals surface area contributed by atoms with Crippen molar-refractivity contribution in [2.45, 2.75) is 5.92 Å². The van der Waals surface area contributed by atoms with Gasteiger partial charge in [0.05, 0.1) is 36.6 Å². The number of carbonyl (C=O) groups excluding carboxylic acids is 3. The molecule has 1 aliphatic heterocycles. The highest BCUT2D eigenvalue weighted by molar-refractivity contribution is 8.03. The van der Waals surface area contributed by atoms with Crippen molar-refractivity contribution in [3.05, 3.63) is 40.4 Å². The van der Waals surface area contributed by atoms with E-state index in [-0.39, 0.29) is 16.4 Å². The van der Waals surface area contributed by atoms with Crippen molar-refractivity contribution in [1.82, 2.24) is 5.32 Å². The van der Waals surface area contributed by atoms with Gasteiger partial charge < -0.3 is 20.5 Å². The summed E-state index contributed by atoms with van der Waals surface area (Å²) in [6, 6.07) is 8.82. The van der Waals surface area contributed by atoms with Gasteiger partial charge in [0.15, 0.2) is 0 Å². The van der Waals surface area contributed by atoms with Crippen molar-refractivity contribution in [1.29, 1.82) is 5.26 Å². The van der Waals surface area contributed by atoms with Gasteiger partial charge in [-0.05, 0) is 6.07 Å². The molecule has 0 aliphatic carbocycles. The fourth-order valence-electron chi connectivity index (χ4n) is 2.72. The first-order valence-corrected chi connectivity index (χ1v) is 8.50. The van der Waals surface area contributed by atoms with Crippen LogP contribution in [0.5, 0.6) is 5.75 Å². The van der Waals surface area contributed by atoms with Gasteiger partial charge in [0.2, 0.25) is 11.8 Å². The Hall–Kier alpha value is -2.99. The first kappa shape index (κ1) is 19.3. The first-order valence-electron chi connectivity index (χ1n) is 7.51. The zero-order chi connectivity index (χ0) is 19.3. The lowest BCUT2D eigenvalue weighted by molar-refractivity contribution is -0.150. The summed E-state index contributed by atoms with van der Waals surface area (Å²) in [5, 5.41) is 12.4. The van der Waals surface area contributed by atoms with Gasteiger partial charge in [0.25, 0.3) is 0 Å². The molecule has 0 saturated carbocycles. The van der Waals surface area contributed by atoms with Gasteiger partial charge in [-0.1, -0.05) is 30.0 Å². The minimum absolute atomic E-state index is 0.123. The first-order chi connectivity index (χ1) is 12.4. The maximum Gasteiger partial charge on any atom is 0.319 e. The van der Waals surface area contributed by atoms with Crippen molar-refractivity contribution < 1.29 is 23.9 Å². The third kappa shape index (κ3) is 3.81. The van der Waals surface area contributed by atoms with E-state index in [0.717, 1.165) is 11.8 Å². The Morgan fingerprint density at radius 3 is 2.62 bits per heavy atom. The van der Waals surface area contributed by atoms with Crippen molar-refractivity contribution in [3.8, 4) is 11.8 Å². The topological polar surface area (TPSA) is 132 Å². The predicted octanol–water partition coefficient (Wildman–Crippen LogP) is 0.651. The summed E-state index contributed by atoms with van der Waals surface area (Å²) in [7, 11) is 2.62. The van der Waals surface area contributed by atoms with Crippen LogP contribution in [0.2, 0.25) is 0 Å². The number of nitriles is 1. The number of nitrogens with one attached hydrogen (secondary N) is 1. The lowest BCUT2D eigenvalue weighted by atomic mass is 9.78. The summed E-state index contributed by atoms with van der Waals surface area (Å²) in [6.07, 6.45) is 0. The molecule has 136 valence electrons. The fourth-order valence-corrected chi connectivity index (χ4v) is 3.51. The molecule has 2 amide bonds. The van der Waals surface area contributed by atoms with Crippen LogP contribution in [0.1, 0.15) is 11.5 Å². The number of rotatable bonds is 6. The van der Waals surface area contributed by atoms with Crippen LogP contribution in [-0.4, -0.2) is 37.8 Å². The van der Waals surface area contributed by atoms with Gasteiger partial charge in [-0.15, -0.1) is 0 Å². The number of para-hydroxylation sites is 1. The second-order valence-corrected chi connectivity index (χ2v) is 6.30. The number of hydrogen-bond donors (Lipinski definition) is 2. The van der Waals surface area contributed by atoms with Crippen LogP contribution in [0.15, 0.2) is 34.9 Å². The lowest BCUT2D eigenvalue weighted by Gasteiger charge is -2.31. The second-order valence-electron chi connectivity index (χ2n) is 5.32. The van der Waals surface area contributed by atoms with Crippen LogP contribution in [0, 0.1) is 17.2 Å². The minimum Gasteiger partial charge on any atom is -0.496 e. The molecule has 1 aromatic carbocycles. The molecule has 0 bridgehead atoms. The van der Waals surface area contributed by atoms with E-state index in [4.69, 9.17) is 15.2 Å². The van der Waals surface area contributed by atoms with Crippen LogP contribution < -0.4 is 15.8 Å². The average molecular weight is 375 g/mol. The van der Waals surface area contributed by atoms with Crippen molar-refractivity contribution >= 4 is 29.5 Å². The van der Waals surface area contributed by atoms with E-state index < -0.39 is 29.6 Å². The van der Waals surface area contributed by atoms with Crippen LogP contribution in [-0.2, 0) is 19.1 Å². The molecule has 1 aliphatic rings. The largest absolute Gasteiger partial charge is 0.496 e. The molecule has 0 saturated heterocycles. The van der Waals surface area contributed by atoms with E-state index in [1.807, 2.05) is 6.07 Å². The second kappa shape index (κ2) is 8.40. The van der Waals surface area contributed by atoms with E-state index in [9.17, 15) is 19.6 Å². The summed E-state index contributed by atoms with van der Waals surface area (Å²) in [5.41, 5.74) is 5.78. The summed E-state index contributed by atoms with van der Waals surface area (Å²) in [5.74, 6) is -3.87. The number of hydrogen-bond acceptors (Lipinski definition) is 7. The number of amides is 2. The maximum atomic E-state index is 12.6. The molecular weight excluding hydrogens is 358 g/mol. The normalized spacial score (nSPS) is 19.3. The number of nitrogens with two attached hydrogens (primary N) is 1. The predicted molar refractivity (Wildman–Crippen MR) is 93.7 cm³/mol. The molecule has 9 heteroatoms. The summed E-state index contributed by atoms with van der Waals surface area (Å²) < 4.78 is 10.1. The molecule has 1 heterocycles. The standard InChI is InChI=1S/C17H17N3O5S/c1-24-11-6-4-3-5-9(11)13-10(7-18)16(26-8-12(19)21)20-15(22)14(13)17(23)25-2/h3-6,13-14H,8H2,1-2H3,(H2,19,21)(H,20,22)/t13-,14+/m0/s1. The summed E-state index contributed by atoms with van der Waals surface area (Å²) >= 11 is 0.933. The molecule has 0 fully saturated rings. The number of primary amides is 1. The van der Waals surface area contributed by atoms with Crippen LogP contribution in [0.4, 0.5) is 0 Å². The third-order valence-corrected chi connectivity index (χ3v) is 4.86. The van der Waals surface area contributed by atoms with Gasteiger partial charge in [-0.2, -0.15) is 5.26 Å². The number of esters is 1. The average Bonchev–Trinajstić information content (AvgIpc) is 2.64. The molecule has 3 N–H and O–H groups in total. The van der Waals surface area contributed by atoms with Crippen molar-refractivity contribution in [3.63, 3.8) is 0 Å². The maximum absolute atomic E-state index is 12.6. The van der Waals surface area contributed by atoms with E-state index in [1.54, 1.807) is 24.3 Å². The Labute approximate surface area is 154 Å². The zero-order valence-electron chi connectivity index (χ0n) is 14.1. The molecule has 26 heavy (non-hydrogen) atoms. The van der Waals surface area contributed by atoms with E-state index in [0.29, 0.717) is 11.3 Å². The van der Waals surface area contributed by atoms with Gasteiger partial charge in [0, 0.05) is 11.5 Å².